The van der Waals surface area contributed by atoms with E-state index in [1.165, 1.54) is 17.0 Å². The fourth-order valence-electron chi connectivity index (χ4n) is 2.47. The molecular weight excluding hydrogens is 279 g/mol. The molecule has 7 heteroatoms. The van der Waals surface area contributed by atoms with Gasteiger partial charge in [0.25, 0.3) is 6.43 Å². The fourth-order valence-corrected chi connectivity index (χ4v) is 2.47. The quantitative estimate of drug-likeness (QED) is 0.862. The van der Waals surface area contributed by atoms with Crippen molar-refractivity contribution in [2.75, 3.05) is 26.2 Å². The highest BCUT2D eigenvalue weighted by Gasteiger charge is 2.39. The van der Waals surface area contributed by atoms with Crippen molar-refractivity contribution in [2.24, 2.45) is 0 Å². The Labute approximate surface area is 113 Å². The van der Waals surface area contributed by atoms with Crippen molar-refractivity contribution in [1.29, 1.82) is 0 Å². The van der Waals surface area contributed by atoms with Crippen LogP contribution in [0.4, 0.5) is 22.0 Å². The van der Waals surface area contributed by atoms with Crippen molar-refractivity contribution < 1.29 is 22.0 Å². The van der Waals surface area contributed by atoms with E-state index in [0.717, 1.165) is 12.1 Å². The van der Waals surface area contributed by atoms with E-state index in [4.69, 9.17) is 0 Å². The number of hydrogen-bond donors (Lipinski definition) is 1. The Morgan fingerprint density at radius 3 is 2.20 bits per heavy atom. The minimum atomic E-state index is -4.63. The largest absolute Gasteiger partial charge is 0.416 e. The van der Waals surface area contributed by atoms with Gasteiger partial charge in [-0.3, -0.25) is 4.90 Å². The van der Waals surface area contributed by atoms with Crippen LogP contribution in [-0.4, -0.2) is 37.5 Å². The summed E-state index contributed by atoms with van der Waals surface area (Å²) in [7, 11) is 0. The molecule has 1 fully saturated rings. The summed E-state index contributed by atoms with van der Waals surface area (Å²) in [6.45, 7) is 1.61. The summed E-state index contributed by atoms with van der Waals surface area (Å²) in [6, 6.07) is 3.05. The lowest BCUT2D eigenvalue weighted by Crippen LogP contribution is -2.47. The maximum absolute atomic E-state index is 13.3. The number of piperazine rings is 1. The van der Waals surface area contributed by atoms with E-state index < -0.39 is 24.2 Å². The summed E-state index contributed by atoms with van der Waals surface area (Å²) in [5.41, 5.74) is -1.33. The predicted octanol–water partition coefficient (Wildman–Crippen LogP) is 2.92. The van der Waals surface area contributed by atoms with Crippen LogP contribution < -0.4 is 5.32 Å². The van der Waals surface area contributed by atoms with Crippen molar-refractivity contribution in [3.63, 3.8) is 0 Å². The lowest BCUT2D eigenvalue weighted by atomic mass is 9.98. The third kappa shape index (κ3) is 3.27. The molecule has 0 unspecified atom stereocenters. The molecule has 1 aliphatic heterocycles. The Balaban J connectivity index is 2.39. The normalized spacial score (nSPS) is 19.3. The van der Waals surface area contributed by atoms with Gasteiger partial charge in [-0.2, -0.15) is 13.2 Å². The molecule has 0 aromatic heterocycles. The minimum absolute atomic E-state index is 0.307. The number of alkyl halides is 5. The highest BCUT2D eigenvalue weighted by Crippen LogP contribution is 2.38. The lowest BCUT2D eigenvalue weighted by molar-refractivity contribution is -0.139. The number of nitrogens with one attached hydrogen (secondary N) is 1. The van der Waals surface area contributed by atoms with Crippen LogP contribution >= 0.6 is 0 Å². The molecule has 0 amide bonds. The average molecular weight is 294 g/mol. The van der Waals surface area contributed by atoms with E-state index >= 15 is 0 Å². The summed E-state index contributed by atoms with van der Waals surface area (Å²) < 4.78 is 65.5. The number of hydrogen-bond acceptors (Lipinski definition) is 2. The standard InChI is InChI=1S/C13H15F5N2/c14-12(15)11(20-7-5-19-6-8-20)9-3-1-2-4-10(9)13(16,17)18/h1-4,11-12,19H,5-8H2/t11-/m1/s1. The van der Waals surface area contributed by atoms with Gasteiger partial charge < -0.3 is 5.32 Å². The van der Waals surface area contributed by atoms with Crippen LogP contribution in [0.5, 0.6) is 0 Å². The fraction of sp³-hybridized carbons (Fsp3) is 0.538. The summed E-state index contributed by atoms with van der Waals surface area (Å²) in [4.78, 5) is 1.41. The lowest BCUT2D eigenvalue weighted by Gasteiger charge is -2.35. The molecule has 1 saturated heterocycles. The molecule has 112 valence electrons. The number of halogens is 5. The molecule has 2 rings (SSSR count). The molecule has 1 atom stereocenters. The third-order valence-electron chi connectivity index (χ3n) is 3.37. The van der Waals surface area contributed by atoms with E-state index in [1.807, 2.05) is 0 Å². The highest BCUT2D eigenvalue weighted by molar-refractivity contribution is 5.33. The SMILES string of the molecule is FC(F)[C@@H](c1ccccc1C(F)(F)F)N1CCNCC1. The van der Waals surface area contributed by atoms with Gasteiger partial charge in [0.05, 0.1) is 11.6 Å². The first kappa shape index (κ1) is 15.2. The van der Waals surface area contributed by atoms with Gasteiger partial charge >= 0.3 is 6.18 Å². The Morgan fingerprint density at radius 2 is 1.65 bits per heavy atom. The van der Waals surface area contributed by atoms with Crippen LogP contribution in [0.3, 0.4) is 0 Å². The van der Waals surface area contributed by atoms with Gasteiger partial charge in [-0.25, -0.2) is 8.78 Å². The molecule has 0 radical (unpaired) electrons. The van der Waals surface area contributed by atoms with E-state index in [-0.39, 0.29) is 5.56 Å². The molecule has 1 aliphatic rings. The molecular formula is C13H15F5N2. The zero-order valence-corrected chi connectivity index (χ0v) is 10.6. The van der Waals surface area contributed by atoms with Crippen LogP contribution in [-0.2, 0) is 6.18 Å². The third-order valence-corrected chi connectivity index (χ3v) is 3.37. The molecule has 0 bridgehead atoms. The second-order valence-electron chi connectivity index (χ2n) is 4.65. The van der Waals surface area contributed by atoms with Gasteiger partial charge in [0.15, 0.2) is 0 Å². The molecule has 0 saturated carbocycles. The van der Waals surface area contributed by atoms with Crippen LogP contribution in [0.2, 0.25) is 0 Å². The van der Waals surface area contributed by atoms with Gasteiger partial charge in [0.1, 0.15) is 0 Å². The molecule has 2 nitrogen and oxygen atoms in total. The Kier molecular flexibility index (Phi) is 4.59. The molecule has 0 spiro atoms. The number of benzene rings is 1. The van der Waals surface area contributed by atoms with Gasteiger partial charge in [-0.05, 0) is 11.6 Å². The zero-order chi connectivity index (χ0) is 14.8. The van der Waals surface area contributed by atoms with E-state index in [1.54, 1.807) is 0 Å². The van der Waals surface area contributed by atoms with Crippen LogP contribution in [0.1, 0.15) is 17.2 Å². The van der Waals surface area contributed by atoms with Crippen LogP contribution in [0, 0.1) is 0 Å². The average Bonchev–Trinajstić information content (AvgIpc) is 2.39. The minimum Gasteiger partial charge on any atom is -0.314 e. The summed E-state index contributed by atoms with van der Waals surface area (Å²) in [5.74, 6) is 0. The van der Waals surface area contributed by atoms with E-state index in [2.05, 4.69) is 5.32 Å². The molecule has 1 N–H and O–H groups in total. The van der Waals surface area contributed by atoms with Gasteiger partial charge in [-0.15, -0.1) is 0 Å². The van der Waals surface area contributed by atoms with Gasteiger partial charge in [0, 0.05) is 26.2 Å². The first-order valence-electron chi connectivity index (χ1n) is 6.30. The number of nitrogens with zero attached hydrogens (tertiary/aromatic N) is 1. The first-order chi connectivity index (χ1) is 9.41. The molecule has 20 heavy (non-hydrogen) atoms. The van der Waals surface area contributed by atoms with Crippen molar-refractivity contribution in [3.05, 3.63) is 35.4 Å². The Morgan fingerprint density at radius 1 is 1.05 bits per heavy atom. The van der Waals surface area contributed by atoms with Crippen LogP contribution in [0.25, 0.3) is 0 Å². The van der Waals surface area contributed by atoms with Gasteiger partial charge in [-0.1, -0.05) is 18.2 Å². The van der Waals surface area contributed by atoms with E-state index in [9.17, 15) is 22.0 Å². The van der Waals surface area contributed by atoms with Crippen molar-refractivity contribution in [1.82, 2.24) is 10.2 Å². The van der Waals surface area contributed by atoms with Crippen LogP contribution in [0.15, 0.2) is 24.3 Å². The van der Waals surface area contributed by atoms with Crippen molar-refractivity contribution >= 4 is 0 Å². The van der Waals surface area contributed by atoms with E-state index in [0.29, 0.717) is 26.2 Å². The topological polar surface area (TPSA) is 15.3 Å². The molecule has 1 heterocycles. The summed E-state index contributed by atoms with van der Waals surface area (Å²) >= 11 is 0. The molecule has 1 aromatic carbocycles. The smallest absolute Gasteiger partial charge is 0.314 e. The zero-order valence-electron chi connectivity index (χ0n) is 10.6. The van der Waals surface area contributed by atoms with Gasteiger partial charge in [0.2, 0.25) is 0 Å². The Hall–Kier alpha value is -1.21. The summed E-state index contributed by atoms with van der Waals surface area (Å²) in [5, 5.41) is 3.00. The second-order valence-corrected chi connectivity index (χ2v) is 4.65. The predicted molar refractivity (Wildman–Crippen MR) is 64.6 cm³/mol. The maximum atomic E-state index is 13.3. The molecule has 0 aliphatic carbocycles. The monoisotopic (exact) mass is 294 g/mol. The summed E-state index contributed by atoms with van der Waals surface area (Å²) in [6.07, 6.45) is -7.49. The molecule has 1 aromatic rings. The maximum Gasteiger partial charge on any atom is 0.416 e. The Bertz CT molecular complexity index is 441. The van der Waals surface area contributed by atoms with Crippen molar-refractivity contribution in [2.45, 2.75) is 18.6 Å². The van der Waals surface area contributed by atoms with Crippen molar-refractivity contribution in [3.8, 4) is 0 Å². The first-order valence-corrected chi connectivity index (χ1v) is 6.30. The number of rotatable bonds is 3. The highest BCUT2D eigenvalue weighted by atomic mass is 19.4. The second kappa shape index (κ2) is 6.05.